The largest absolute Gasteiger partial charge is 0.394 e. The van der Waals surface area contributed by atoms with E-state index in [4.69, 9.17) is 4.74 Å². The third-order valence-electron chi connectivity index (χ3n) is 3.40. The molecular weight excluding hydrogens is 234 g/mol. The number of likely N-dealkylation sites (tertiary alicyclic amines) is 1. The van der Waals surface area contributed by atoms with Gasteiger partial charge in [-0.05, 0) is 19.4 Å². The number of amides is 1. The van der Waals surface area contributed by atoms with Gasteiger partial charge in [-0.3, -0.25) is 9.48 Å². The molecule has 1 saturated heterocycles. The SMILES string of the molecule is CO[C@@H]1C[C@@H](CO)N(C(=O)c2cc(C)nn2C)C1. The van der Waals surface area contributed by atoms with Gasteiger partial charge in [0.15, 0.2) is 0 Å². The maximum atomic E-state index is 12.4. The van der Waals surface area contributed by atoms with E-state index in [0.717, 1.165) is 5.69 Å². The number of hydrogen-bond donors (Lipinski definition) is 1. The van der Waals surface area contributed by atoms with Gasteiger partial charge in [0.25, 0.3) is 5.91 Å². The lowest BCUT2D eigenvalue weighted by Crippen LogP contribution is -2.38. The molecule has 6 nitrogen and oxygen atoms in total. The highest BCUT2D eigenvalue weighted by atomic mass is 16.5. The topological polar surface area (TPSA) is 67.6 Å². The van der Waals surface area contributed by atoms with Gasteiger partial charge in [-0.1, -0.05) is 0 Å². The molecule has 1 N–H and O–H groups in total. The van der Waals surface area contributed by atoms with Crippen LogP contribution >= 0.6 is 0 Å². The Hall–Kier alpha value is -1.40. The number of carbonyl (C=O) groups is 1. The summed E-state index contributed by atoms with van der Waals surface area (Å²) in [5.41, 5.74) is 1.35. The molecule has 1 fully saturated rings. The van der Waals surface area contributed by atoms with Crippen LogP contribution in [0.15, 0.2) is 6.07 Å². The van der Waals surface area contributed by atoms with Crippen LogP contribution in [0.3, 0.4) is 0 Å². The minimum Gasteiger partial charge on any atom is -0.394 e. The average Bonchev–Trinajstić information content (AvgIpc) is 2.91. The second-order valence-electron chi connectivity index (χ2n) is 4.68. The Morgan fingerprint density at radius 2 is 2.39 bits per heavy atom. The number of aliphatic hydroxyl groups is 1. The van der Waals surface area contributed by atoms with Crippen LogP contribution in [0.2, 0.25) is 0 Å². The van der Waals surface area contributed by atoms with Gasteiger partial charge < -0.3 is 14.7 Å². The van der Waals surface area contributed by atoms with Crippen molar-refractivity contribution in [1.82, 2.24) is 14.7 Å². The summed E-state index contributed by atoms with van der Waals surface area (Å²) in [5.74, 6) is -0.100. The summed E-state index contributed by atoms with van der Waals surface area (Å²) in [7, 11) is 3.37. The number of aromatic nitrogens is 2. The lowest BCUT2D eigenvalue weighted by atomic mass is 10.2. The van der Waals surface area contributed by atoms with Gasteiger partial charge in [0, 0.05) is 20.7 Å². The van der Waals surface area contributed by atoms with Crippen LogP contribution in [0.1, 0.15) is 22.6 Å². The van der Waals surface area contributed by atoms with E-state index in [2.05, 4.69) is 5.10 Å². The van der Waals surface area contributed by atoms with Crippen LogP contribution in [-0.2, 0) is 11.8 Å². The standard InChI is InChI=1S/C12H19N3O3/c1-8-4-11(14(2)13-8)12(17)15-6-10(18-3)5-9(15)7-16/h4,9-10,16H,5-7H2,1-3H3/t9-,10+/m0/s1. The predicted octanol–water partition coefficient (Wildman–Crippen LogP) is -0.0497. The molecule has 2 rings (SSSR count). The molecule has 1 aliphatic heterocycles. The highest BCUT2D eigenvalue weighted by molar-refractivity contribution is 5.93. The number of nitrogens with zero attached hydrogens (tertiary/aromatic N) is 3. The lowest BCUT2D eigenvalue weighted by molar-refractivity contribution is 0.0637. The van der Waals surface area contributed by atoms with Crippen molar-refractivity contribution in [3.63, 3.8) is 0 Å². The van der Waals surface area contributed by atoms with E-state index < -0.39 is 0 Å². The predicted molar refractivity (Wildman–Crippen MR) is 65.3 cm³/mol. The molecule has 0 bridgehead atoms. The van der Waals surface area contributed by atoms with Crippen molar-refractivity contribution in [1.29, 1.82) is 0 Å². The van der Waals surface area contributed by atoms with Gasteiger partial charge >= 0.3 is 0 Å². The molecule has 0 spiro atoms. The Bertz CT molecular complexity index is 444. The summed E-state index contributed by atoms with van der Waals surface area (Å²) in [4.78, 5) is 14.1. The van der Waals surface area contributed by atoms with Crippen molar-refractivity contribution in [3.05, 3.63) is 17.5 Å². The van der Waals surface area contributed by atoms with E-state index in [1.165, 1.54) is 0 Å². The maximum Gasteiger partial charge on any atom is 0.272 e. The molecule has 0 aliphatic carbocycles. The van der Waals surface area contributed by atoms with Crippen LogP contribution < -0.4 is 0 Å². The molecule has 1 amide bonds. The molecule has 6 heteroatoms. The molecule has 1 aliphatic rings. The first-order valence-corrected chi connectivity index (χ1v) is 6.02. The zero-order chi connectivity index (χ0) is 13.3. The molecule has 0 unspecified atom stereocenters. The molecule has 18 heavy (non-hydrogen) atoms. The van der Waals surface area contributed by atoms with Crippen LogP contribution in [0.25, 0.3) is 0 Å². The highest BCUT2D eigenvalue weighted by Gasteiger charge is 2.36. The minimum absolute atomic E-state index is 0.000393. The zero-order valence-electron chi connectivity index (χ0n) is 11.0. The van der Waals surface area contributed by atoms with Gasteiger partial charge in [-0.15, -0.1) is 0 Å². The van der Waals surface area contributed by atoms with Crippen molar-refractivity contribution in [3.8, 4) is 0 Å². The molecule has 0 aromatic carbocycles. The summed E-state index contributed by atoms with van der Waals surface area (Å²) in [6, 6.07) is 1.59. The monoisotopic (exact) mass is 253 g/mol. The van der Waals surface area contributed by atoms with Crippen molar-refractivity contribution < 1.29 is 14.6 Å². The second kappa shape index (κ2) is 5.07. The number of hydrogen-bond acceptors (Lipinski definition) is 4. The van der Waals surface area contributed by atoms with Crippen molar-refractivity contribution in [2.45, 2.75) is 25.5 Å². The second-order valence-corrected chi connectivity index (χ2v) is 4.68. The lowest BCUT2D eigenvalue weighted by Gasteiger charge is -2.22. The summed E-state index contributed by atoms with van der Waals surface area (Å²) >= 11 is 0. The fraction of sp³-hybridized carbons (Fsp3) is 0.667. The molecule has 0 saturated carbocycles. The minimum atomic E-state index is -0.169. The Balaban J connectivity index is 2.20. The van der Waals surface area contributed by atoms with Gasteiger partial charge in [0.05, 0.1) is 24.4 Å². The summed E-state index contributed by atoms with van der Waals surface area (Å²) in [5, 5.41) is 13.5. The molecule has 1 aromatic heterocycles. The van der Waals surface area contributed by atoms with Crippen LogP contribution in [0, 0.1) is 6.92 Å². The number of aryl methyl sites for hydroxylation is 2. The Morgan fingerprint density at radius 1 is 1.67 bits per heavy atom. The fourth-order valence-electron chi connectivity index (χ4n) is 2.42. The normalized spacial score (nSPS) is 23.7. The van der Waals surface area contributed by atoms with Gasteiger partial charge in [-0.2, -0.15) is 5.10 Å². The maximum absolute atomic E-state index is 12.4. The first-order chi connectivity index (χ1) is 8.56. The number of methoxy groups -OCH3 is 1. The van der Waals surface area contributed by atoms with E-state index in [1.54, 1.807) is 29.8 Å². The summed E-state index contributed by atoms with van der Waals surface area (Å²) in [6.45, 7) is 2.33. The fourth-order valence-corrected chi connectivity index (χ4v) is 2.42. The molecule has 2 atom stereocenters. The Morgan fingerprint density at radius 3 is 2.89 bits per heavy atom. The molecular formula is C12H19N3O3. The first-order valence-electron chi connectivity index (χ1n) is 6.02. The molecule has 1 aromatic rings. The third-order valence-corrected chi connectivity index (χ3v) is 3.40. The number of carbonyl (C=O) groups excluding carboxylic acids is 1. The first kappa shape index (κ1) is 13.0. The Kier molecular flexibility index (Phi) is 3.68. The molecule has 100 valence electrons. The highest BCUT2D eigenvalue weighted by Crippen LogP contribution is 2.22. The summed E-state index contributed by atoms with van der Waals surface area (Å²) in [6.07, 6.45) is 0.677. The van der Waals surface area contributed by atoms with E-state index in [0.29, 0.717) is 18.7 Å². The number of ether oxygens (including phenoxy) is 1. The molecule has 0 radical (unpaired) electrons. The Labute approximate surface area is 106 Å². The summed E-state index contributed by atoms with van der Waals surface area (Å²) < 4.78 is 6.84. The smallest absolute Gasteiger partial charge is 0.272 e. The van der Waals surface area contributed by atoms with E-state index in [1.807, 2.05) is 6.92 Å². The van der Waals surface area contributed by atoms with Crippen molar-refractivity contribution in [2.75, 3.05) is 20.3 Å². The van der Waals surface area contributed by atoms with Gasteiger partial charge in [-0.25, -0.2) is 0 Å². The average molecular weight is 253 g/mol. The van der Waals surface area contributed by atoms with Gasteiger partial charge in [0.2, 0.25) is 0 Å². The number of rotatable bonds is 3. The van der Waals surface area contributed by atoms with Crippen LogP contribution in [0.5, 0.6) is 0 Å². The van der Waals surface area contributed by atoms with Gasteiger partial charge in [0.1, 0.15) is 5.69 Å². The number of aliphatic hydroxyl groups excluding tert-OH is 1. The zero-order valence-corrected chi connectivity index (χ0v) is 11.0. The molecule has 2 heterocycles. The van der Waals surface area contributed by atoms with Crippen molar-refractivity contribution >= 4 is 5.91 Å². The van der Waals surface area contributed by atoms with Crippen LogP contribution in [0.4, 0.5) is 0 Å². The quantitative estimate of drug-likeness (QED) is 0.820. The van der Waals surface area contributed by atoms with E-state index >= 15 is 0 Å². The van der Waals surface area contributed by atoms with Crippen LogP contribution in [-0.4, -0.2) is 58.1 Å². The third kappa shape index (κ3) is 2.26. The van der Waals surface area contributed by atoms with Crippen molar-refractivity contribution in [2.24, 2.45) is 7.05 Å². The van der Waals surface area contributed by atoms with E-state index in [-0.39, 0.29) is 24.7 Å². The van der Waals surface area contributed by atoms with E-state index in [9.17, 15) is 9.90 Å².